The number of hydrogen-bond acceptors (Lipinski definition) is 4. The summed E-state index contributed by atoms with van der Waals surface area (Å²) in [6, 6.07) is 1.76. The molecule has 76 valence electrons. The fourth-order valence-corrected chi connectivity index (χ4v) is 2.94. The highest BCUT2D eigenvalue weighted by molar-refractivity contribution is 7.99. The molecule has 0 aliphatic carbocycles. The number of anilines is 1. The quantitative estimate of drug-likeness (QED) is 0.792. The van der Waals surface area contributed by atoms with Crippen molar-refractivity contribution in [3.05, 3.63) is 17.0 Å². The Morgan fingerprint density at radius 1 is 1.43 bits per heavy atom. The second-order valence-electron chi connectivity index (χ2n) is 3.14. The average Bonchev–Trinajstić information content (AvgIpc) is 2.65. The van der Waals surface area contributed by atoms with Crippen LogP contribution in [0.25, 0.3) is 0 Å². The highest BCUT2D eigenvalue weighted by Gasteiger charge is 2.18. The van der Waals surface area contributed by atoms with E-state index < -0.39 is 0 Å². The molecule has 1 aromatic heterocycles. The van der Waals surface area contributed by atoms with Gasteiger partial charge in [0, 0.05) is 30.0 Å². The van der Waals surface area contributed by atoms with Gasteiger partial charge in [-0.25, -0.2) is 0 Å². The van der Waals surface area contributed by atoms with Crippen molar-refractivity contribution in [1.29, 1.82) is 0 Å². The number of hydrogen-bond donors (Lipinski definition) is 1. The molecule has 3 nitrogen and oxygen atoms in total. The SMILES string of the molecule is Nc1cc(C(=O)N2CCSCC2)cs1. The van der Waals surface area contributed by atoms with E-state index in [9.17, 15) is 4.79 Å². The molecule has 0 atom stereocenters. The molecular formula is C9H12N2OS2. The first-order valence-electron chi connectivity index (χ1n) is 4.48. The molecule has 1 aliphatic heterocycles. The number of carbonyl (C=O) groups excluding carboxylic acids is 1. The van der Waals surface area contributed by atoms with Crippen molar-refractivity contribution < 1.29 is 4.79 Å². The third-order valence-corrected chi connectivity index (χ3v) is 3.87. The molecule has 0 radical (unpaired) electrons. The summed E-state index contributed by atoms with van der Waals surface area (Å²) < 4.78 is 0. The number of nitrogen functional groups attached to an aromatic ring is 1. The number of carbonyl (C=O) groups is 1. The molecule has 1 saturated heterocycles. The van der Waals surface area contributed by atoms with Crippen LogP contribution in [0.15, 0.2) is 11.4 Å². The van der Waals surface area contributed by atoms with Crippen LogP contribution in [0.5, 0.6) is 0 Å². The maximum Gasteiger partial charge on any atom is 0.254 e. The van der Waals surface area contributed by atoms with E-state index in [1.807, 2.05) is 22.0 Å². The number of rotatable bonds is 1. The highest BCUT2D eigenvalue weighted by Crippen LogP contribution is 2.19. The summed E-state index contributed by atoms with van der Waals surface area (Å²) in [7, 11) is 0. The normalized spacial score (nSPS) is 17.0. The Labute approximate surface area is 91.3 Å². The van der Waals surface area contributed by atoms with Gasteiger partial charge in [0.15, 0.2) is 0 Å². The predicted octanol–water partition coefficient (Wildman–Crippen LogP) is 1.52. The third-order valence-electron chi connectivity index (χ3n) is 2.16. The van der Waals surface area contributed by atoms with Crippen molar-refractivity contribution in [3.63, 3.8) is 0 Å². The van der Waals surface area contributed by atoms with Crippen molar-refractivity contribution in [3.8, 4) is 0 Å². The highest BCUT2D eigenvalue weighted by atomic mass is 32.2. The fraction of sp³-hybridized carbons (Fsp3) is 0.444. The summed E-state index contributed by atoms with van der Waals surface area (Å²) in [5.74, 6) is 2.22. The summed E-state index contributed by atoms with van der Waals surface area (Å²) >= 11 is 3.32. The molecule has 2 N–H and O–H groups in total. The molecule has 2 rings (SSSR count). The molecule has 0 spiro atoms. The molecule has 0 aromatic carbocycles. The minimum absolute atomic E-state index is 0.123. The molecule has 0 bridgehead atoms. The molecule has 0 unspecified atom stereocenters. The van der Waals surface area contributed by atoms with Gasteiger partial charge in [-0.3, -0.25) is 4.79 Å². The summed E-state index contributed by atoms with van der Waals surface area (Å²) in [5, 5.41) is 2.54. The lowest BCUT2D eigenvalue weighted by Crippen LogP contribution is -2.37. The van der Waals surface area contributed by atoms with Crippen molar-refractivity contribution in [2.24, 2.45) is 0 Å². The van der Waals surface area contributed by atoms with Crippen molar-refractivity contribution in [2.45, 2.75) is 0 Å². The van der Waals surface area contributed by atoms with Gasteiger partial charge in [-0.2, -0.15) is 11.8 Å². The summed E-state index contributed by atoms with van der Waals surface area (Å²) in [6.07, 6.45) is 0. The van der Waals surface area contributed by atoms with Crippen LogP contribution in [0.1, 0.15) is 10.4 Å². The predicted molar refractivity (Wildman–Crippen MR) is 62.0 cm³/mol. The lowest BCUT2D eigenvalue weighted by Gasteiger charge is -2.25. The van der Waals surface area contributed by atoms with Crippen LogP contribution in [-0.4, -0.2) is 35.4 Å². The minimum atomic E-state index is 0.123. The number of nitrogens with zero attached hydrogens (tertiary/aromatic N) is 1. The lowest BCUT2D eigenvalue weighted by atomic mass is 10.3. The Kier molecular flexibility index (Phi) is 2.98. The molecule has 14 heavy (non-hydrogen) atoms. The van der Waals surface area contributed by atoms with Crippen LogP contribution < -0.4 is 5.73 Å². The Balaban J connectivity index is 2.07. The standard InChI is InChI=1S/C9H12N2OS2/c10-8-5-7(6-14-8)9(12)11-1-3-13-4-2-11/h5-6H,1-4,10H2. The summed E-state index contributed by atoms with van der Waals surface area (Å²) in [6.45, 7) is 1.72. The van der Waals surface area contributed by atoms with E-state index in [4.69, 9.17) is 5.73 Å². The van der Waals surface area contributed by atoms with Gasteiger partial charge in [-0.15, -0.1) is 11.3 Å². The summed E-state index contributed by atoms with van der Waals surface area (Å²) in [4.78, 5) is 13.8. The third kappa shape index (κ3) is 2.04. The topological polar surface area (TPSA) is 46.3 Å². The smallest absolute Gasteiger partial charge is 0.254 e. The van der Waals surface area contributed by atoms with Gasteiger partial charge in [0.05, 0.1) is 10.6 Å². The molecular weight excluding hydrogens is 216 g/mol. The van der Waals surface area contributed by atoms with Crippen LogP contribution in [0, 0.1) is 0 Å². The van der Waals surface area contributed by atoms with Crippen molar-refractivity contribution in [2.75, 3.05) is 30.3 Å². The van der Waals surface area contributed by atoms with Gasteiger partial charge in [-0.1, -0.05) is 0 Å². The fourth-order valence-electron chi connectivity index (χ4n) is 1.41. The van der Waals surface area contributed by atoms with E-state index in [0.29, 0.717) is 5.00 Å². The van der Waals surface area contributed by atoms with Gasteiger partial charge >= 0.3 is 0 Å². The van der Waals surface area contributed by atoms with Crippen molar-refractivity contribution in [1.82, 2.24) is 4.90 Å². The van der Waals surface area contributed by atoms with E-state index in [0.717, 1.165) is 30.2 Å². The second-order valence-corrected chi connectivity index (χ2v) is 5.31. The zero-order valence-electron chi connectivity index (χ0n) is 7.73. The Hall–Kier alpha value is -0.680. The maximum absolute atomic E-state index is 11.9. The van der Waals surface area contributed by atoms with Crippen LogP contribution >= 0.6 is 23.1 Å². The van der Waals surface area contributed by atoms with E-state index in [-0.39, 0.29) is 5.91 Å². The first-order valence-corrected chi connectivity index (χ1v) is 6.52. The number of amides is 1. The van der Waals surface area contributed by atoms with Crippen LogP contribution in [-0.2, 0) is 0 Å². The minimum Gasteiger partial charge on any atom is -0.391 e. The molecule has 1 aliphatic rings. The molecule has 2 heterocycles. The molecule has 5 heteroatoms. The Bertz CT molecular complexity index is 331. The van der Waals surface area contributed by atoms with E-state index in [1.165, 1.54) is 11.3 Å². The summed E-state index contributed by atoms with van der Waals surface area (Å²) in [5.41, 5.74) is 6.33. The number of nitrogens with two attached hydrogens (primary N) is 1. The lowest BCUT2D eigenvalue weighted by molar-refractivity contribution is 0.0773. The number of thioether (sulfide) groups is 1. The van der Waals surface area contributed by atoms with Crippen molar-refractivity contribution >= 4 is 34.0 Å². The molecule has 1 fully saturated rings. The van der Waals surface area contributed by atoms with Gasteiger partial charge in [0.2, 0.25) is 0 Å². The Morgan fingerprint density at radius 3 is 2.71 bits per heavy atom. The Morgan fingerprint density at radius 2 is 2.14 bits per heavy atom. The van der Waals surface area contributed by atoms with Crippen LogP contribution in [0.2, 0.25) is 0 Å². The second kappa shape index (κ2) is 4.23. The van der Waals surface area contributed by atoms with Gasteiger partial charge < -0.3 is 10.6 Å². The van der Waals surface area contributed by atoms with Gasteiger partial charge in [-0.05, 0) is 6.07 Å². The largest absolute Gasteiger partial charge is 0.391 e. The van der Waals surface area contributed by atoms with E-state index in [2.05, 4.69) is 0 Å². The first kappa shape index (κ1) is 9.86. The zero-order valence-corrected chi connectivity index (χ0v) is 9.37. The maximum atomic E-state index is 11.9. The van der Waals surface area contributed by atoms with E-state index in [1.54, 1.807) is 6.07 Å². The molecule has 0 saturated carbocycles. The van der Waals surface area contributed by atoms with Gasteiger partial charge in [0.1, 0.15) is 0 Å². The zero-order chi connectivity index (χ0) is 9.97. The van der Waals surface area contributed by atoms with Crippen LogP contribution in [0.4, 0.5) is 5.00 Å². The monoisotopic (exact) mass is 228 g/mol. The van der Waals surface area contributed by atoms with Crippen LogP contribution in [0.3, 0.4) is 0 Å². The van der Waals surface area contributed by atoms with Gasteiger partial charge in [0.25, 0.3) is 5.91 Å². The number of thiophene rings is 1. The average molecular weight is 228 g/mol. The van der Waals surface area contributed by atoms with E-state index >= 15 is 0 Å². The molecule has 1 aromatic rings. The first-order chi connectivity index (χ1) is 6.77. The molecule has 1 amide bonds.